The average molecular weight is 316 g/mol. The number of hydrogen-bond donors (Lipinski definition) is 0. The molecule has 0 unspecified atom stereocenters. The summed E-state index contributed by atoms with van der Waals surface area (Å²) in [5.41, 5.74) is 2.34. The molecule has 0 radical (unpaired) electrons. The predicted octanol–water partition coefficient (Wildman–Crippen LogP) is 2.10. The van der Waals surface area contributed by atoms with Crippen LogP contribution in [0.15, 0.2) is 30.9 Å². The number of ether oxygens (including phenoxy) is 2. The van der Waals surface area contributed by atoms with Gasteiger partial charge in [0.15, 0.2) is 0 Å². The summed E-state index contributed by atoms with van der Waals surface area (Å²) >= 11 is 0. The third kappa shape index (κ3) is 3.71. The van der Waals surface area contributed by atoms with Gasteiger partial charge in [0.1, 0.15) is 0 Å². The minimum Gasteiger partial charge on any atom is -0.481 e. The van der Waals surface area contributed by atoms with Crippen molar-refractivity contribution in [1.82, 2.24) is 19.4 Å². The fourth-order valence-corrected chi connectivity index (χ4v) is 3.06. The number of fused-ring (bicyclic) bond motifs is 1. The molecule has 0 aromatic carbocycles. The second kappa shape index (κ2) is 7.57. The summed E-state index contributed by atoms with van der Waals surface area (Å²) in [5.74, 6) is 0.695. The van der Waals surface area contributed by atoms with E-state index in [0.717, 1.165) is 44.8 Å². The first-order valence-electron chi connectivity index (χ1n) is 8.10. The van der Waals surface area contributed by atoms with E-state index in [0.29, 0.717) is 11.9 Å². The van der Waals surface area contributed by atoms with E-state index in [1.165, 1.54) is 5.69 Å². The van der Waals surface area contributed by atoms with E-state index in [1.54, 1.807) is 13.3 Å². The molecule has 0 saturated heterocycles. The van der Waals surface area contributed by atoms with Gasteiger partial charge in [-0.15, -0.1) is 0 Å². The van der Waals surface area contributed by atoms with Crippen molar-refractivity contribution in [3.63, 3.8) is 0 Å². The van der Waals surface area contributed by atoms with E-state index in [9.17, 15) is 0 Å². The Labute approximate surface area is 137 Å². The molecule has 0 N–H and O–H groups in total. The van der Waals surface area contributed by atoms with Gasteiger partial charge in [0, 0.05) is 50.2 Å². The number of rotatable bonds is 6. The van der Waals surface area contributed by atoms with Crippen molar-refractivity contribution in [1.29, 1.82) is 0 Å². The van der Waals surface area contributed by atoms with Crippen LogP contribution >= 0.6 is 0 Å². The second-order valence-electron chi connectivity index (χ2n) is 5.76. The van der Waals surface area contributed by atoms with E-state index in [-0.39, 0.29) is 0 Å². The molecule has 0 amide bonds. The third-order valence-corrected chi connectivity index (χ3v) is 4.31. The largest absolute Gasteiger partial charge is 0.481 e. The van der Waals surface area contributed by atoms with E-state index in [1.807, 2.05) is 25.5 Å². The maximum absolute atomic E-state index is 5.72. The SMILES string of the molecule is CCOC[C@H]1CCn2cncc2CN1Cc1cccnc1OC. The number of aryl methyl sites for hydroxylation is 1. The first kappa shape index (κ1) is 16.0. The highest BCUT2D eigenvalue weighted by Crippen LogP contribution is 2.23. The van der Waals surface area contributed by atoms with Gasteiger partial charge in [-0.05, 0) is 19.4 Å². The molecule has 1 aliphatic rings. The van der Waals surface area contributed by atoms with Crippen LogP contribution in [-0.2, 0) is 24.4 Å². The molecule has 0 fully saturated rings. The maximum atomic E-state index is 5.72. The van der Waals surface area contributed by atoms with Crippen LogP contribution < -0.4 is 4.74 Å². The number of methoxy groups -OCH3 is 1. The fraction of sp³-hybridized carbons (Fsp3) is 0.529. The van der Waals surface area contributed by atoms with Gasteiger partial charge in [0.05, 0.1) is 25.7 Å². The minimum absolute atomic E-state index is 0.375. The van der Waals surface area contributed by atoms with Crippen LogP contribution in [0.5, 0.6) is 5.88 Å². The summed E-state index contributed by atoms with van der Waals surface area (Å²) in [5, 5.41) is 0. The number of pyridine rings is 1. The van der Waals surface area contributed by atoms with Gasteiger partial charge < -0.3 is 14.0 Å². The van der Waals surface area contributed by atoms with Gasteiger partial charge in [-0.25, -0.2) is 9.97 Å². The highest BCUT2D eigenvalue weighted by Gasteiger charge is 2.25. The molecule has 0 bridgehead atoms. The number of imidazole rings is 1. The molecule has 2 aromatic heterocycles. The molecule has 0 spiro atoms. The van der Waals surface area contributed by atoms with Gasteiger partial charge in [0.25, 0.3) is 0 Å². The lowest BCUT2D eigenvalue weighted by Gasteiger charge is -2.29. The third-order valence-electron chi connectivity index (χ3n) is 4.31. The second-order valence-corrected chi connectivity index (χ2v) is 5.76. The summed E-state index contributed by atoms with van der Waals surface area (Å²) in [6.07, 6.45) is 6.68. The van der Waals surface area contributed by atoms with Crippen molar-refractivity contribution < 1.29 is 9.47 Å². The van der Waals surface area contributed by atoms with Crippen LogP contribution in [-0.4, -0.2) is 45.8 Å². The normalized spacial score (nSPS) is 18.4. The Morgan fingerprint density at radius 3 is 3.13 bits per heavy atom. The quantitative estimate of drug-likeness (QED) is 0.817. The van der Waals surface area contributed by atoms with E-state index >= 15 is 0 Å². The first-order valence-corrected chi connectivity index (χ1v) is 8.10. The Morgan fingerprint density at radius 2 is 2.30 bits per heavy atom. The van der Waals surface area contributed by atoms with E-state index in [4.69, 9.17) is 9.47 Å². The molecule has 1 aliphatic heterocycles. The summed E-state index contributed by atoms with van der Waals surface area (Å²) in [6, 6.07) is 4.41. The molecule has 23 heavy (non-hydrogen) atoms. The highest BCUT2D eigenvalue weighted by molar-refractivity contribution is 5.25. The minimum atomic E-state index is 0.375. The predicted molar refractivity (Wildman–Crippen MR) is 87.2 cm³/mol. The van der Waals surface area contributed by atoms with Gasteiger partial charge >= 0.3 is 0 Å². The zero-order chi connectivity index (χ0) is 16.1. The Kier molecular flexibility index (Phi) is 5.25. The Balaban J connectivity index is 1.82. The van der Waals surface area contributed by atoms with Crippen LogP contribution in [0.3, 0.4) is 0 Å². The van der Waals surface area contributed by atoms with Crippen LogP contribution in [0.2, 0.25) is 0 Å². The Hall–Kier alpha value is -1.92. The average Bonchev–Trinajstić information content (AvgIpc) is 2.95. The van der Waals surface area contributed by atoms with Gasteiger partial charge in [-0.2, -0.15) is 0 Å². The molecule has 2 aromatic rings. The maximum Gasteiger partial charge on any atom is 0.217 e. The Morgan fingerprint density at radius 1 is 1.39 bits per heavy atom. The fourth-order valence-electron chi connectivity index (χ4n) is 3.06. The molecule has 124 valence electrons. The first-order chi connectivity index (χ1) is 11.3. The van der Waals surface area contributed by atoms with Crippen LogP contribution in [0.4, 0.5) is 0 Å². The summed E-state index contributed by atoms with van der Waals surface area (Å²) in [7, 11) is 1.67. The molecule has 3 heterocycles. The van der Waals surface area contributed by atoms with Crippen LogP contribution in [0.1, 0.15) is 24.6 Å². The van der Waals surface area contributed by atoms with Gasteiger partial charge in [-0.3, -0.25) is 4.90 Å². The summed E-state index contributed by atoms with van der Waals surface area (Å²) < 4.78 is 13.4. The van der Waals surface area contributed by atoms with Crippen molar-refractivity contribution in [3.05, 3.63) is 42.1 Å². The van der Waals surface area contributed by atoms with Crippen LogP contribution in [0, 0.1) is 0 Å². The van der Waals surface area contributed by atoms with Crippen LogP contribution in [0.25, 0.3) is 0 Å². The lowest BCUT2D eigenvalue weighted by molar-refractivity contribution is 0.0554. The van der Waals surface area contributed by atoms with Gasteiger partial charge in [0.2, 0.25) is 5.88 Å². The van der Waals surface area contributed by atoms with E-state index in [2.05, 4.69) is 25.5 Å². The number of aromatic nitrogens is 3. The molecule has 1 atom stereocenters. The molecule has 6 heteroatoms. The summed E-state index contributed by atoms with van der Waals surface area (Å²) in [6.45, 7) is 6.16. The lowest BCUT2D eigenvalue weighted by atomic mass is 10.1. The van der Waals surface area contributed by atoms with Crippen molar-refractivity contribution in [2.75, 3.05) is 20.3 Å². The van der Waals surface area contributed by atoms with Crippen molar-refractivity contribution in [2.45, 2.75) is 39.0 Å². The van der Waals surface area contributed by atoms with Crippen molar-refractivity contribution in [2.24, 2.45) is 0 Å². The molecule has 6 nitrogen and oxygen atoms in total. The van der Waals surface area contributed by atoms with Crippen molar-refractivity contribution >= 4 is 0 Å². The topological polar surface area (TPSA) is 52.4 Å². The van der Waals surface area contributed by atoms with Crippen molar-refractivity contribution in [3.8, 4) is 5.88 Å². The number of hydrogen-bond acceptors (Lipinski definition) is 5. The Bertz CT molecular complexity index is 629. The van der Waals surface area contributed by atoms with E-state index < -0.39 is 0 Å². The summed E-state index contributed by atoms with van der Waals surface area (Å²) in [4.78, 5) is 11.0. The lowest BCUT2D eigenvalue weighted by Crippen LogP contribution is -2.37. The highest BCUT2D eigenvalue weighted by atomic mass is 16.5. The molecular weight excluding hydrogens is 292 g/mol. The standard InChI is InChI=1S/C17H24N4O2/c1-3-23-12-15-6-8-20-13-18-9-16(20)11-21(15)10-14-5-4-7-19-17(14)22-2/h4-5,7,9,13,15H,3,6,8,10-12H2,1-2H3/t15-/m1/s1. The molecule has 0 saturated carbocycles. The zero-order valence-electron chi connectivity index (χ0n) is 13.8. The van der Waals surface area contributed by atoms with Gasteiger partial charge in [-0.1, -0.05) is 6.07 Å². The molecule has 0 aliphatic carbocycles. The zero-order valence-corrected chi connectivity index (χ0v) is 13.8. The molecular formula is C17H24N4O2. The molecule has 3 rings (SSSR count). The monoisotopic (exact) mass is 316 g/mol. The number of nitrogens with zero attached hydrogens (tertiary/aromatic N) is 4. The smallest absolute Gasteiger partial charge is 0.217 e.